The molecule has 276 valence electrons. The summed E-state index contributed by atoms with van der Waals surface area (Å²) in [5.74, 6) is -2.52. The number of aliphatic carboxylic acids is 1. The fourth-order valence-corrected chi connectivity index (χ4v) is 7.91. The number of oxime groups is 1. The molecule has 2 atom stereocenters. The first-order valence-electron chi connectivity index (χ1n) is 16.1. The van der Waals surface area contributed by atoms with Crippen molar-refractivity contribution in [1.29, 1.82) is 5.41 Å². The molecule has 7 N–H and O–H groups in total. The number of β-lactam (4-membered cyclic amide) rings is 1. The van der Waals surface area contributed by atoms with Crippen LogP contribution in [0.1, 0.15) is 50.8 Å². The molecule has 0 bridgehead atoms. The second-order valence-electron chi connectivity index (χ2n) is 11.9. The highest BCUT2D eigenvalue weighted by Crippen LogP contribution is 2.45. The van der Waals surface area contributed by atoms with E-state index in [9.17, 15) is 24.3 Å². The lowest BCUT2D eigenvalue weighted by atomic mass is 9.89. The Morgan fingerprint density at radius 1 is 1.21 bits per heavy atom. The van der Waals surface area contributed by atoms with Crippen molar-refractivity contribution in [1.82, 2.24) is 9.88 Å². The molecule has 3 amide bonds. The van der Waals surface area contributed by atoms with Crippen LogP contribution in [-0.4, -0.2) is 63.2 Å². The first-order valence-corrected chi connectivity index (χ1v) is 18.4. The van der Waals surface area contributed by atoms with Crippen LogP contribution in [0.3, 0.4) is 0 Å². The first-order chi connectivity index (χ1) is 24.7. The van der Waals surface area contributed by atoms with Crippen LogP contribution in [0.25, 0.3) is 0 Å². The van der Waals surface area contributed by atoms with E-state index in [1.165, 1.54) is 29.3 Å². The molecule has 18 heteroatoms. The van der Waals surface area contributed by atoms with E-state index in [2.05, 4.69) is 20.8 Å². The van der Waals surface area contributed by atoms with Gasteiger partial charge >= 0.3 is 6.03 Å². The van der Waals surface area contributed by atoms with E-state index in [1.54, 1.807) is 12.3 Å². The zero-order chi connectivity index (χ0) is 38.1. The molecule has 2 aromatic heterocycles. The Bertz CT molecular complexity index is 1910. The highest BCUT2D eigenvalue weighted by Gasteiger charge is 2.52. The molecule has 1 aromatic carbocycles. The second-order valence-corrected chi connectivity index (χ2v) is 14.7. The zero-order valence-electron chi connectivity index (χ0n) is 29.0. The van der Waals surface area contributed by atoms with Gasteiger partial charge in [-0.1, -0.05) is 47.1 Å². The minimum Gasteiger partial charge on any atom is -0.543 e. The van der Waals surface area contributed by atoms with Crippen molar-refractivity contribution in [2.24, 2.45) is 18.1 Å². The summed E-state index contributed by atoms with van der Waals surface area (Å²) in [4.78, 5) is 58.9. The number of rotatable bonds is 13. The maximum Gasteiger partial charge on any atom is 0.323 e. The van der Waals surface area contributed by atoms with Crippen molar-refractivity contribution >= 4 is 92.0 Å². The Hall–Kier alpha value is -5.00. The standard InChI is InChI=1S/C18H23N5O.C16H17ClN4O5S2/c1-13(19)4-3-5-14-6-8-15(9-7-14)21-18(24)22-17-12-23(2)11-10-16(17)20;1-3-6-5-27-14-7(13(23)21(14)11(6)15(24)25)4-8(22)9(20-26-2)10-12(17)28-16(18)19-10/h6-12,19-20H,3-5H2,1-2H3,(H2,21,22,24);7,14H,3-5H2,1-2H3,(H2,18,19)(H,24,25)/b;20-9+/t;7-,14-/m.1/s1. The average Bonchev–Trinajstić information content (AvgIpc) is 3.44. The van der Waals surface area contributed by atoms with Crippen molar-refractivity contribution in [3.63, 3.8) is 0 Å². The number of pyridine rings is 1. The fraction of sp³-hybridized carbons (Fsp3) is 0.353. The highest BCUT2D eigenvalue weighted by molar-refractivity contribution is 8.00. The van der Waals surface area contributed by atoms with Gasteiger partial charge < -0.3 is 42.2 Å². The van der Waals surface area contributed by atoms with Crippen molar-refractivity contribution in [3.8, 4) is 0 Å². The van der Waals surface area contributed by atoms with E-state index in [1.807, 2.05) is 55.9 Å². The molecular formula is C34H40ClN9O6S2. The third-order valence-corrected chi connectivity index (χ3v) is 10.5. The van der Waals surface area contributed by atoms with E-state index in [4.69, 9.17) is 33.3 Å². The van der Waals surface area contributed by atoms with Crippen molar-refractivity contribution in [3.05, 3.63) is 69.6 Å². The van der Waals surface area contributed by atoms with Gasteiger partial charge in [-0.3, -0.25) is 14.5 Å². The Labute approximate surface area is 313 Å². The van der Waals surface area contributed by atoms with E-state index in [-0.39, 0.29) is 39.0 Å². The number of amides is 3. The lowest BCUT2D eigenvalue weighted by molar-refractivity contribution is -0.670. The number of nitrogens with two attached hydrogens (primary N) is 2. The maximum absolute atomic E-state index is 12.8. The molecule has 0 spiro atoms. The van der Waals surface area contributed by atoms with Crippen molar-refractivity contribution in [2.75, 3.05) is 35.0 Å². The number of urea groups is 1. The van der Waals surface area contributed by atoms with Gasteiger partial charge in [0.1, 0.15) is 29.9 Å². The van der Waals surface area contributed by atoms with Crippen LogP contribution in [0.4, 0.5) is 27.0 Å². The number of benzene rings is 1. The Morgan fingerprint density at radius 2 is 1.92 bits per heavy atom. The number of carboxylic acids is 1. The number of ketones is 1. The van der Waals surface area contributed by atoms with Gasteiger partial charge in [0, 0.05) is 29.6 Å². The highest BCUT2D eigenvalue weighted by atomic mass is 35.5. The lowest BCUT2D eigenvalue weighted by Crippen LogP contribution is -2.63. The van der Waals surface area contributed by atoms with Gasteiger partial charge in [-0.15, -0.1) is 11.8 Å². The molecule has 4 heterocycles. The molecular weight excluding hydrogens is 730 g/mol. The van der Waals surface area contributed by atoms with Crippen LogP contribution in [-0.2, 0) is 32.7 Å². The van der Waals surface area contributed by atoms with Crippen LogP contribution in [0.15, 0.2) is 59.2 Å². The predicted molar refractivity (Wildman–Crippen MR) is 201 cm³/mol. The number of nitrogens with one attached hydrogen (secondary N) is 3. The van der Waals surface area contributed by atoms with Gasteiger partial charge in [-0.05, 0) is 55.9 Å². The minimum atomic E-state index is -1.38. The maximum atomic E-state index is 12.8. The van der Waals surface area contributed by atoms with Crippen molar-refractivity contribution < 1.29 is 33.7 Å². The monoisotopic (exact) mass is 769 g/mol. The largest absolute Gasteiger partial charge is 0.543 e. The normalized spacial score (nSPS) is 16.6. The number of anilines is 4. The molecule has 52 heavy (non-hydrogen) atoms. The summed E-state index contributed by atoms with van der Waals surface area (Å²) in [7, 11) is 3.13. The number of halogens is 1. The third-order valence-electron chi connectivity index (χ3n) is 8.07. The number of thioether (sulfide) groups is 1. The van der Waals surface area contributed by atoms with Crippen LogP contribution >= 0.6 is 34.7 Å². The van der Waals surface area contributed by atoms with Crippen LogP contribution < -0.4 is 31.8 Å². The SMILES string of the molecule is CC(=N)CCCc1ccc(NC(=O)Nc2c[n+](C)ccc2N)cc1.CCC1=C(C(=O)[O-])N2C(=O)[C@@H](CC(=O)/C(=N\OC)c3nc(N)sc3Cl)[C@H]2SC1. The third kappa shape index (κ3) is 9.86. The number of carboxylic acid groups (broad SMARTS) is 1. The molecule has 0 aliphatic carbocycles. The quantitative estimate of drug-likeness (QED) is 0.0731. The molecule has 2 aliphatic heterocycles. The summed E-state index contributed by atoms with van der Waals surface area (Å²) < 4.78 is 2.00. The number of nitrogen functional groups attached to an aromatic ring is 2. The molecule has 1 saturated heterocycles. The smallest absolute Gasteiger partial charge is 0.323 e. The van der Waals surface area contributed by atoms with E-state index in [0.717, 1.165) is 36.3 Å². The molecule has 0 saturated carbocycles. The number of hydrogen-bond donors (Lipinski definition) is 5. The summed E-state index contributed by atoms with van der Waals surface area (Å²) in [6, 6.07) is 9.14. The number of nitrogens with zero attached hydrogens (tertiary/aromatic N) is 4. The van der Waals surface area contributed by atoms with Gasteiger partial charge in [-0.25, -0.2) is 14.3 Å². The van der Waals surface area contributed by atoms with E-state index < -0.39 is 29.0 Å². The molecule has 3 aromatic rings. The molecule has 5 rings (SSSR count). The summed E-state index contributed by atoms with van der Waals surface area (Å²) >= 11 is 8.47. The second kappa shape index (κ2) is 18.0. The molecule has 0 unspecified atom stereocenters. The molecule has 0 radical (unpaired) electrons. The number of aryl methyl sites for hydroxylation is 2. The van der Waals surface area contributed by atoms with E-state index >= 15 is 0 Å². The summed E-state index contributed by atoms with van der Waals surface area (Å²) in [5.41, 5.74) is 15.7. The van der Waals surface area contributed by atoms with Crippen LogP contribution in [0.5, 0.6) is 0 Å². The Kier molecular flexibility index (Phi) is 13.7. The van der Waals surface area contributed by atoms with Crippen LogP contribution in [0.2, 0.25) is 4.34 Å². The number of fused-ring (bicyclic) bond motifs is 1. The number of hydrogen-bond acceptors (Lipinski definition) is 13. The number of aromatic nitrogens is 2. The first kappa shape index (κ1) is 39.8. The molecule has 1 fully saturated rings. The Balaban J connectivity index is 0.000000236. The number of thiazole rings is 1. The lowest BCUT2D eigenvalue weighted by Gasteiger charge is -2.51. The summed E-state index contributed by atoms with van der Waals surface area (Å²) in [5, 5.41) is 27.9. The van der Waals surface area contributed by atoms with E-state index in [0.29, 0.717) is 34.8 Å². The van der Waals surface area contributed by atoms with Gasteiger partial charge in [0.05, 0.1) is 28.6 Å². The summed E-state index contributed by atoms with van der Waals surface area (Å²) in [6.07, 6.45) is 6.61. The topological polar surface area (TPSA) is 233 Å². The van der Waals surface area contributed by atoms with Crippen molar-refractivity contribution in [2.45, 2.75) is 51.3 Å². The number of carbonyl (C=O) groups excluding carboxylic acids is 4. The van der Waals surface area contributed by atoms with Gasteiger partial charge in [0.2, 0.25) is 5.91 Å². The average molecular weight is 770 g/mol. The minimum absolute atomic E-state index is 0.0824. The number of Topliss-reactive ketones (excluding diaryl/α,β-unsaturated/α-hetero) is 1. The summed E-state index contributed by atoms with van der Waals surface area (Å²) in [6.45, 7) is 3.65. The fourth-order valence-electron chi connectivity index (χ4n) is 5.46. The Morgan fingerprint density at radius 3 is 2.52 bits per heavy atom. The van der Waals surface area contributed by atoms with Gasteiger partial charge in [-0.2, -0.15) is 0 Å². The van der Waals surface area contributed by atoms with Crippen LogP contribution in [0, 0.1) is 11.3 Å². The van der Waals surface area contributed by atoms with Gasteiger partial charge in [0.25, 0.3) is 0 Å². The molecule has 2 aliphatic rings. The number of carbonyl (C=O) groups is 4. The molecule has 15 nitrogen and oxygen atoms in total. The van der Waals surface area contributed by atoms with Gasteiger partial charge in [0.15, 0.2) is 29.0 Å². The predicted octanol–water partition coefficient (Wildman–Crippen LogP) is 3.73. The zero-order valence-corrected chi connectivity index (χ0v) is 31.4.